The summed E-state index contributed by atoms with van der Waals surface area (Å²) in [5.41, 5.74) is 0.977. The number of nitrogens with zero attached hydrogens (tertiary/aromatic N) is 3. The van der Waals surface area contributed by atoms with Crippen LogP contribution in [0, 0.1) is 25.6 Å². The number of aryl methyl sites for hydroxylation is 2. The van der Waals surface area contributed by atoms with Gasteiger partial charge in [-0.15, -0.1) is 24.0 Å². The predicted octanol–water partition coefficient (Wildman–Crippen LogP) is 4.28. The Kier molecular flexibility index (Phi) is 11.4. The molecule has 0 spiro atoms. The zero-order valence-corrected chi connectivity index (χ0v) is 22.4. The number of hydrogen-bond acceptors (Lipinski definition) is 5. The molecule has 0 bridgehead atoms. The quantitative estimate of drug-likeness (QED) is 0.265. The third-order valence-electron chi connectivity index (χ3n) is 5.68. The average molecular weight is 573 g/mol. The third kappa shape index (κ3) is 9.11. The molecule has 0 saturated carbocycles. The number of aliphatic imine (C=N–C) groups is 1. The molecule has 3 rings (SSSR count). The van der Waals surface area contributed by atoms with Crippen LogP contribution in [-0.4, -0.2) is 54.7 Å². The van der Waals surface area contributed by atoms with E-state index in [9.17, 15) is 4.39 Å². The van der Waals surface area contributed by atoms with Crippen LogP contribution in [0.15, 0.2) is 33.7 Å². The maximum Gasteiger partial charge on any atom is 0.208 e. The van der Waals surface area contributed by atoms with E-state index in [-0.39, 0.29) is 35.9 Å². The first-order chi connectivity index (χ1) is 15.4. The first kappa shape index (κ1) is 27.4. The molecule has 1 unspecified atom stereocenters. The summed E-state index contributed by atoms with van der Waals surface area (Å²) in [6, 6.07) is 6.19. The van der Waals surface area contributed by atoms with Gasteiger partial charge in [0.25, 0.3) is 0 Å². The summed E-state index contributed by atoms with van der Waals surface area (Å²) in [5, 5.41) is 6.76. The Balaban J connectivity index is 0.00000385. The minimum Gasteiger partial charge on any atom is -0.489 e. The molecule has 0 amide bonds. The van der Waals surface area contributed by atoms with Crippen molar-refractivity contribution >= 4 is 29.9 Å². The van der Waals surface area contributed by atoms with E-state index < -0.39 is 0 Å². The van der Waals surface area contributed by atoms with Gasteiger partial charge in [0.15, 0.2) is 5.96 Å². The maximum absolute atomic E-state index is 13.3. The number of piperidine rings is 1. The molecule has 9 heteroatoms. The Labute approximate surface area is 213 Å². The Morgan fingerprint density at radius 2 is 2.06 bits per heavy atom. The SMILES string of the molecule is CCNC(=NCC(C)Oc1cccc(F)c1)NCC1CCN(Cc2nc(C)c(C)o2)CC1.I. The van der Waals surface area contributed by atoms with Crippen LogP contribution < -0.4 is 15.4 Å². The molecule has 1 aromatic carbocycles. The highest BCUT2D eigenvalue weighted by atomic mass is 127. The lowest BCUT2D eigenvalue weighted by Crippen LogP contribution is -2.43. The minimum absolute atomic E-state index is 0. The largest absolute Gasteiger partial charge is 0.489 e. The Bertz CT molecular complexity index is 864. The van der Waals surface area contributed by atoms with Gasteiger partial charge >= 0.3 is 0 Å². The molecule has 0 radical (unpaired) electrons. The van der Waals surface area contributed by atoms with Crippen LogP contribution in [-0.2, 0) is 6.54 Å². The minimum atomic E-state index is -0.301. The lowest BCUT2D eigenvalue weighted by atomic mass is 9.97. The van der Waals surface area contributed by atoms with Crippen LogP contribution in [0.2, 0.25) is 0 Å². The molecule has 33 heavy (non-hydrogen) atoms. The Morgan fingerprint density at radius 3 is 2.70 bits per heavy atom. The zero-order chi connectivity index (χ0) is 22.9. The molecule has 1 fully saturated rings. The van der Waals surface area contributed by atoms with Crippen LogP contribution in [0.3, 0.4) is 0 Å². The fourth-order valence-corrected chi connectivity index (χ4v) is 3.76. The Morgan fingerprint density at radius 1 is 1.30 bits per heavy atom. The molecule has 1 aromatic heterocycles. The van der Waals surface area contributed by atoms with E-state index in [4.69, 9.17) is 9.15 Å². The normalized spacial score (nSPS) is 16.2. The highest BCUT2D eigenvalue weighted by molar-refractivity contribution is 14.0. The van der Waals surface area contributed by atoms with Crippen molar-refractivity contribution in [2.45, 2.75) is 53.2 Å². The van der Waals surface area contributed by atoms with Gasteiger partial charge in [-0.25, -0.2) is 14.4 Å². The van der Waals surface area contributed by atoms with E-state index in [1.54, 1.807) is 12.1 Å². The second-order valence-corrected chi connectivity index (χ2v) is 8.46. The fraction of sp³-hybridized carbons (Fsp3) is 0.583. The van der Waals surface area contributed by atoms with Crippen LogP contribution in [0.4, 0.5) is 4.39 Å². The molecular formula is C24H37FIN5O2. The van der Waals surface area contributed by atoms with Gasteiger partial charge in [0.1, 0.15) is 23.4 Å². The van der Waals surface area contributed by atoms with Crippen LogP contribution >= 0.6 is 24.0 Å². The number of likely N-dealkylation sites (tertiary alicyclic amines) is 1. The molecule has 0 aliphatic carbocycles. The van der Waals surface area contributed by atoms with E-state index in [1.165, 1.54) is 12.1 Å². The molecule has 184 valence electrons. The van der Waals surface area contributed by atoms with Gasteiger partial charge in [-0.1, -0.05) is 6.07 Å². The van der Waals surface area contributed by atoms with Crippen molar-refractivity contribution in [2.75, 3.05) is 32.7 Å². The molecule has 7 nitrogen and oxygen atoms in total. The van der Waals surface area contributed by atoms with Crippen molar-refractivity contribution in [1.29, 1.82) is 0 Å². The highest BCUT2D eigenvalue weighted by Gasteiger charge is 2.21. The Hall–Kier alpha value is -1.88. The van der Waals surface area contributed by atoms with Gasteiger partial charge in [-0.3, -0.25) is 4.90 Å². The number of guanidine groups is 1. The smallest absolute Gasteiger partial charge is 0.208 e. The molecule has 2 heterocycles. The highest BCUT2D eigenvalue weighted by Crippen LogP contribution is 2.19. The summed E-state index contributed by atoms with van der Waals surface area (Å²) in [5.74, 6) is 3.33. The number of benzene rings is 1. The van der Waals surface area contributed by atoms with Crippen molar-refractivity contribution in [3.05, 3.63) is 47.4 Å². The number of halogens is 2. The molecule has 1 atom stereocenters. The summed E-state index contributed by atoms with van der Waals surface area (Å²) in [4.78, 5) is 11.5. The topological polar surface area (TPSA) is 74.9 Å². The molecule has 2 aromatic rings. The van der Waals surface area contributed by atoms with Crippen molar-refractivity contribution in [2.24, 2.45) is 10.9 Å². The number of hydrogen-bond donors (Lipinski definition) is 2. The number of oxazole rings is 1. The summed E-state index contributed by atoms with van der Waals surface area (Å²) in [7, 11) is 0. The van der Waals surface area contributed by atoms with E-state index >= 15 is 0 Å². The summed E-state index contributed by atoms with van der Waals surface area (Å²) in [6.07, 6.45) is 2.10. The van der Waals surface area contributed by atoms with E-state index in [1.807, 2.05) is 20.8 Å². The number of aromatic nitrogens is 1. The lowest BCUT2D eigenvalue weighted by Gasteiger charge is -2.31. The van der Waals surface area contributed by atoms with Gasteiger partial charge in [0, 0.05) is 19.2 Å². The number of rotatable bonds is 9. The standard InChI is InChI=1S/C24H36FN5O2.HI/c1-5-26-24(27-14-17(2)31-22-8-6-7-21(25)13-22)28-15-20-9-11-30(12-10-20)16-23-29-18(3)19(4)32-23;/h6-8,13,17,20H,5,9-12,14-16H2,1-4H3,(H2,26,27,28);1H. The number of nitrogens with one attached hydrogen (secondary N) is 2. The van der Waals surface area contributed by atoms with Crippen molar-refractivity contribution in [3.63, 3.8) is 0 Å². The molecule has 1 aliphatic heterocycles. The molecular weight excluding hydrogens is 536 g/mol. The second-order valence-electron chi connectivity index (χ2n) is 8.46. The zero-order valence-electron chi connectivity index (χ0n) is 20.1. The van der Waals surface area contributed by atoms with Gasteiger partial charge in [-0.05, 0) is 71.7 Å². The van der Waals surface area contributed by atoms with Crippen LogP contribution in [0.5, 0.6) is 5.75 Å². The van der Waals surface area contributed by atoms with Gasteiger partial charge in [0.2, 0.25) is 5.89 Å². The summed E-state index contributed by atoms with van der Waals surface area (Å²) < 4.78 is 24.8. The third-order valence-corrected chi connectivity index (χ3v) is 5.68. The van der Waals surface area contributed by atoms with Crippen LogP contribution in [0.1, 0.15) is 44.0 Å². The average Bonchev–Trinajstić information content (AvgIpc) is 3.08. The lowest BCUT2D eigenvalue weighted by molar-refractivity contribution is 0.164. The predicted molar refractivity (Wildman–Crippen MR) is 140 cm³/mol. The van der Waals surface area contributed by atoms with Gasteiger partial charge in [0.05, 0.1) is 18.8 Å². The summed E-state index contributed by atoms with van der Waals surface area (Å²) in [6.45, 7) is 13.0. The van der Waals surface area contributed by atoms with Crippen molar-refractivity contribution in [1.82, 2.24) is 20.5 Å². The van der Waals surface area contributed by atoms with Gasteiger partial charge < -0.3 is 19.8 Å². The maximum atomic E-state index is 13.3. The summed E-state index contributed by atoms with van der Waals surface area (Å²) >= 11 is 0. The monoisotopic (exact) mass is 573 g/mol. The molecule has 2 N–H and O–H groups in total. The fourth-order valence-electron chi connectivity index (χ4n) is 3.76. The number of ether oxygens (including phenoxy) is 1. The second kappa shape index (κ2) is 13.7. The van der Waals surface area contributed by atoms with Crippen molar-refractivity contribution < 1.29 is 13.5 Å². The first-order valence-electron chi connectivity index (χ1n) is 11.5. The van der Waals surface area contributed by atoms with E-state index in [2.05, 4.69) is 32.4 Å². The van der Waals surface area contributed by atoms with Gasteiger partial charge in [-0.2, -0.15) is 0 Å². The van der Waals surface area contributed by atoms with Crippen molar-refractivity contribution in [3.8, 4) is 5.75 Å². The van der Waals surface area contributed by atoms with Crippen LogP contribution in [0.25, 0.3) is 0 Å². The molecule has 1 aliphatic rings. The van der Waals surface area contributed by atoms with E-state index in [0.717, 1.165) is 68.9 Å². The molecule has 1 saturated heterocycles. The van der Waals surface area contributed by atoms with E-state index in [0.29, 0.717) is 18.2 Å². The first-order valence-corrected chi connectivity index (χ1v) is 11.5.